The number of aromatic nitrogens is 2. The maximum Gasteiger partial charge on any atom is 0.335 e. The molecule has 5 heteroatoms. The second kappa shape index (κ2) is 4.33. The van der Waals surface area contributed by atoms with Crippen LogP contribution < -0.4 is 11.4 Å². The van der Waals surface area contributed by atoms with Crippen LogP contribution in [-0.4, -0.2) is 15.0 Å². The van der Waals surface area contributed by atoms with Crippen molar-refractivity contribution in [2.75, 3.05) is 5.73 Å². The molecule has 1 aromatic heterocycles. The summed E-state index contributed by atoms with van der Waals surface area (Å²) >= 11 is 0. The Morgan fingerprint density at radius 2 is 2.00 bits per heavy atom. The van der Waals surface area contributed by atoms with E-state index in [2.05, 4.69) is 0 Å². The molecule has 0 bridgehead atoms. The lowest BCUT2D eigenvalue weighted by Crippen LogP contribution is -2.28. The molecule has 0 radical (unpaired) electrons. The molecule has 2 rings (SSSR count). The Kier molecular flexibility index (Phi) is 2.98. The van der Waals surface area contributed by atoms with Crippen LogP contribution in [0.1, 0.15) is 25.1 Å². The van der Waals surface area contributed by atoms with Gasteiger partial charge in [-0.3, -0.25) is 9.36 Å². The first-order chi connectivity index (χ1) is 8.41. The first-order valence-electron chi connectivity index (χ1n) is 5.92. The Bertz CT molecular complexity index is 665. The summed E-state index contributed by atoms with van der Waals surface area (Å²) < 4.78 is 2.68. The summed E-state index contributed by atoms with van der Waals surface area (Å²) in [5.74, 6) is 0.0203. The molecule has 0 saturated carbocycles. The number of benzene rings is 1. The van der Waals surface area contributed by atoms with E-state index < -0.39 is 0 Å². The third-order valence-electron chi connectivity index (χ3n) is 2.91. The Morgan fingerprint density at radius 1 is 1.33 bits per heavy atom. The van der Waals surface area contributed by atoms with Crippen LogP contribution in [0.15, 0.2) is 23.0 Å². The molecular weight excluding hydrogens is 230 g/mol. The van der Waals surface area contributed by atoms with Crippen molar-refractivity contribution in [2.45, 2.75) is 20.3 Å². The fourth-order valence-corrected chi connectivity index (χ4v) is 2.04. The topological polar surface area (TPSA) is 70.0 Å². The van der Waals surface area contributed by atoms with Gasteiger partial charge >= 0.3 is 5.69 Å². The van der Waals surface area contributed by atoms with E-state index in [1.165, 1.54) is 9.13 Å². The van der Waals surface area contributed by atoms with Crippen molar-refractivity contribution < 1.29 is 4.79 Å². The highest BCUT2D eigenvalue weighted by molar-refractivity contribution is 5.91. The van der Waals surface area contributed by atoms with E-state index in [9.17, 15) is 9.59 Å². The zero-order valence-electron chi connectivity index (χ0n) is 10.8. The minimum atomic E-state index is -0.318. The summed E-state index contributed by atoms with van der Waals surface area (Å²) in [5.41, 5.74) is 7.23. The Balaban J connectivity index is 2.70. The summed E-state index contributed by atoms with van der Waals surface area (Å²) in [5, 5.41) is 0. The number of nitrogen functional groups attached to an aromatic ring is 1. The van der Waals surface area contributed by atoms with Gasteiger partial charge in [-0.2, -0.15) is 0 Å². The fraction of sp³-hybridized carbons (Fsp3) is 0.385. The van der Waals surface area contributed by atoms with Gasteiger partial charge in [0.25, 0.3) is 0 Å². The zero-order chi connectivity index (χ0) is 13.4. The van der Waals surface area contributed by atoms with Crippen molar-refractivity contribution in [3.8, 4) is 0 Å². The van der Waals surface area contributed by atoms with Crippen molar-refractivity contribution >= 4 is 22.6 Å². The SMILES string of the molecule is CC(C)CC(=O)n1c(=O)n(C)c2ccc(N)cc21. The van der Waals surface area contributed by atoms with Gasteiger partial charge < -0.3 is 5.73 Å². The fourth-order valence-electron chi connectivity index (χ4n) is 2.04. The summed E-state index contributed by atoms with van der Waals surface area (Å²) in [4.78, 5) is 24.2. The highest BCUT2D eigenvalue weighted by Gasteiger charge is 2.17. The molecule has 0 aliphatic rings. The number of fused-ring (bicyclic) bond motifs is 1. The van der Waals surface area contributed by atoms with Crippen molar-refractivity contribution in [3.63, 3.8) is 0 Å². The number of hydrogen-bond acceptors (Lipinski definition) is 3. The Hall–Kier alpha value is -2.04. The molecule has 0 fully saturated rings. The van der Waals surface area contributed by atoms with Gasteiger partial charge in [0.15, 0.2) is 0 Å². The molecule has 0 unspecified atom stereocenters. The number of carbonyl (C=O) groups is 1. The molecular formula is C13H17N3O2. The number of aryl methyl sites for hydroxylation is 1. The third kappa shape index (κ3) is 1.92. The van der Waals surface area contributed by atoms with E-state index >= 15 is 0 Å². The smallest absolute Gasteiger partial charge is 0.335 e. The Morgan fingerprint density at radius 3 is 2.61 bits per heavy atom. The van der Waals surface area contributed by atoms with Gasteiger partial charge in [0.1, 0.15) is 0 Å². The number of carbonyl (C=O) groups excluding carboxylic acids is 1. The van der Waals surface area contributed by atoms with Gasteiger partial charge in [0.05, 0.1) is 11.0 Å². The lowest BCUT2D eigenvalue weighted by Gasteiger charge is -2.04. The minimum Gasteiger partial charge on any atom is -0.399 e. The first-order valence-corrected chi connectivity index (χ1v) is 5.92. The molecule has 18 heavy (non-hydrogen) atoms. The third-order valence-corrected chi connectivity index (χ3v) is 2.91. The van der Waals surface area contributed by atoms with Crippen molar-refractivity contribution in [2.24, 2.45) is 13.0 Å². The highest BCUT2D eigenvalue weighted by Crippen LogP contribution is 2.17. The number of anilines is 1. The molecule has 0 aliphatic carbocycles. The summed E-state index contributed by atoms with van der Waals surface area (Å²) in [7, 11) is 1.65. The molecule has 96 valence electrons. The monoisotopic (exact) mass is 247 g/mol. The maximum absolute atomic E-state index is 12.1. The highest BCUT2D eigenvalue weighted by atomic mass is 16.2. The van der Waals surface area contributed by atoms with E-state index in [0.29, 0.717) is 23.1 Å². The van der Waals surface area contributed by atoms with Crippen LogP contribution in [0.5, 0.6) is 0 Å². The van der Waals surface area contributed by atoms with Crippen LogP contribution >= 0.6 is 0 Å². The van der Waals surface area contributed by atoms with E-state index in [1.54, 1.807) is 25.2 Å². The number of hydrogen-bond donors (Lipinski definition) is 1. The van der Waals surface area contributed by atoms with Gasteiger partial charge in [-0.15, -0.1) is 0 Å². The first kappa shape index (κ1) is 12.4. The maximum atomic E-state index is 12.1. The van der Waals surface area contributed by atoms with E-state index in [4.69, 9.17) is 5.73 Å². The summed E-state index contributed by atoms with van der Waals surface area (Å²) in [6, 6.07) is 5.14. The Labute approximate surface area is 105 Å². The van der Waals surface area contributed by atoms with Crippen LogP contribution in [0.3, 0.4) is 0 Å². The van der Waals surface area contributed by atoms with E-state index in [-0.39, 0.29) is 17.5 Å². The van der Waals surface area contributed by atoms with Crippen LogP contribution in [-0.2, 0) is 7.05 Å². The number of nitrogens with zero attached hydrogens (tertiary/aromatic N) is 2. The summed E-state index contributed by atoms with van der Waals surface area (Å²) in [6.07, 6.45) is 0.341. The lowest BCUT2D eigenvalue weighted by atomic mass is 10.1. The van der Waals surface area contributed by atoms with Gasteiger partial charge in [0.2, 0.25) is 5.91 Å². The molecule has 0 atom stereocenters. The van der Waals surface area contributed by atoms with Gasteiger partial charge in [-0.1, -0.05) is 13.8 Å². The van der Waals surface area contributed by atoms with Crippen LogP contribution in [0, 0.1) is 5.92 Å². The van der Waals surface area contributed by atoms with Gasteiger partial charge in [0, 0.05) is 19.2 Å². The number of imidazole rings is 1. The van der Waals surface area contributed by atoms with Gasteiger partial charge in [-0.05, 0) is 24.1 Å². The minimum absolute atomic E-state index is 0.189. The average molecular weight is 247 g/mol. The molecule has 1 aromatic carbocycles. The summed E-state index contributed by atoms with van der Waals surface area (Å²) in [6.45, 7) is 3.89. The van der Waals surface area contributed by atoms with Crippen molar-refractivity contribution in [1.29, 1.82) is 0 Å². The van der Waals surface area contributed by atoms with E-state index in [0.717, 1.165) is 0 Å². The molecule has 0 amide bonds. The predicted octanol–water partition coefficient (Wildman–Crippen LogP) is 1.61. The molecule has 2 aromatic rings. The van der Waals surface area contributed by atoms with Crippen LogP contribution in [0.2, 0.25) is 0 Å². The zero-order valence-corrected chi connectivity index (χ0v) is 10.8. The average Bonchev–Trinajstić information content (AvgIpc) is 2.50. The largest absolute Gasteiger partial charge is 0.399 e. The molecule has 0 aliphatic heterocycles. The lowest BCUT2D eigenvalue weighted by molar-refractivity contribution is 0.0887. The number of nitrogens with two attached hydrogens (primary N) is 1. The normalized spacial score (nSPS) is 11.3. The molecule has 0 saturated heterocycles. The molecule has 0 spiro atoms. The van der Waals surface area contributed by atoms with Crippen LogP contribution in [0.4, 0.5) is 5.69 Å². The van der Waals surface area contributed by atoms with Crippen molar-refractivity contribution in [1.82, 2.24) is 9.13 Å². The van der Waals surface area contributed by atoms with Gasteiger partial charge in [-0.25, -0.2) is 9.36 Å². The van der Waals surface area contributed by atoms with Crippen molar-refractivity contribution in [3.05, 3.63) is 28.7 Å². The molecule has 2 N–H and O–H groups in total. The molecule has 5 nitrogen and oxygen atoms in total. The predicted molar refractivity (Wildman–Crippen MR) is 71.7 cm³/mol. The van der Waals surface area contributed by atoms with Crippen LogP contribution in [0.25, 0.3) is 11.0 Å². The second-order valence-electron chi connectivity index (χ2n) is 4.92. The number of rotatable bonds is 2. The standard InChI is InChI=1S/C13H17N3O2/c1-8(2)6-12(17)16-11-7-9(14)4-5-10(11)15(3)13(16)18/h4-5,7-8H,6,14H2,1-3H3. The molecule has 1 heterocycles. The quantitative estimate of drug-likeness (QED) is 0.819. The van der Waals surface area contributed by atoms with E-state index in [1.807, 2.05) is 13.8 Å². The second-order valence-corrected chi connectivity index (χ2v) is 4.92.